The lowest BCUT2D eigenvalue weighted by molar-refractivity contribution is -0.124. The van der Waals surface area contributed by atoms with Crippen molar-refractivity contribution in [1.82, 2.24) is 9.97 Å². The van der Waals surface area contributed by atoms with E-state index in [9.17, 15) is 14.4 Å². The summed E-state index contributed by atoms with van der Waals surface area (Å²) in [4.78, 5) is 47.8. The number of esters is 2. The van der Waals surface area contributed by atoms with Gasteiger partial charge < -0.3 is 24.5 Å². The highest BCUT2D eigenvalue weighted by atomic mass is 32.1. The number of hydrogen-bond donors (Lipinski definition) is 2. The van der Waals surface area contributed by atoms with Crippen molar-refractivity contribution in [2.24, 2.45) is 5.92 Å². The van der Waals surface area contributed by atoms with Crippen LogP contribution in [0.5, 0.6) is 5.75 Å². The van der Waals surface area contributed by atoms with E-state index in [4.69, 9.17) is 14.2 Å². The highest BCUT2D eigenvalue weighted by molar-refractivity contribution is 7.17. The number of imidazole rings is 1. The van der Waals surface area contributed by atoms with Gasteiger partial charge in [-0.15, -0.1) is 11.3 Å². The first-order valence-corrected chi connectivity index (χ1v) is 14.0. The molecule has 0 radical (unpaired) electrons. The molecule has 2 atom stereocenters. The Morgan fingerprint density at radius 3 is 2.60 bits per heavy atom. The average molecular weight is 562 g/mol. The summed E-state index contributed by atoms with van der Waals surface area (Å²) in [5.74, 6) is 0.310. The SMILES string of the molecule is CCC(OC(=O)c1ccc2nc(-c3ccc(OC)cc3)[nH]c2c1)C(=O)Nc1sc2c(c1C(=O)OC)CCC(C)C2. The second-order valence-corrected chi connectivity index (χ2v) is 11.0. The highest BCUT2D eigenvalue weighted by Crippen LogP contribution is 2.40. The van der Waals surface area contributed by atoms with Crippen LogP contribution in [0.1, 0.15) is 57.8 Å². The first-order valence-electron chi connectivity index (χ1n) is 13.2. The van der Waals surface area contributed by atoms with Crippen molar-refractivity contribution < 1.29 is 28.6 Å². The summed E-state index contributed by atoms with van der Waals surface area (Å²) < 4.78 is 15.8. The van der Waals surface area contributed by atoms with Crippen LogP contribution in [-0.4, -0.2) is 48.1 Å². The predicted molar refractivity (Wildman–Crippen MR) is 153 cm³/mol. The number of benzene rings is 2. The Kier molecular flexibility index (Phi) is 7.88. The van der Waals surface area contributed by atoms with Crippen LogP contribution < -0.4 is 10.1 Å². The number of fused-ring (bicyclic) bond motifs is 2. The minimum absolute atomic E-state index is 0.265. The Morgan fingerprint density at radius 1 is 1.12 bits per heavy atom. The van der Waals surface area contributed by atoms with Crippen molar-refractivity contribution in [3.05, 3.63) is 64.0 Å². The molecule has 5 rings (SSSR count). The Labute approximate surface area is 235 Å². The summed E-state index contributed by atoms with van der Waals surface area (Å²) in [6.45, 7) is 3.94. The van der Waals surface area contributed by atoms with Crippen molar-refractivity contribution in [1.29, 1.82) is 0 Å². The fourth-order valence-corrected chi connectivity index (χ4v) is 6.29. The van der Waals surface area contributed by atoms with Gasteiger partial charge >= 0.3 is 11.9 Å². The monoisotopic (exact) mass is 561 g/mol. The van der Waals surface area contributed by atoms with Crippen LogP contribution in [-0.2, 0) is 27.1 Å². The zero-order valence-electron chi connectivity index (χ0n) is 22.8. The molecule has 4 aromatic rings. The maximum atomic E-state index is 13.2. The fourth-order valence-electron chi connectivity index (χ4n) is 4.89. The molecule has 208 valence electrons. The van der Waals surface area contributed by atoms with E-state index in [0.717, 1.165) is 41.0 Å². The molecule has 0 saturated carbocycles. The number of ether oxygens (including phenoxy) is 3. The first-order chi connectivity index (χ1) is 19.3. The van der Waals surface area contributed by atoms with Crippen LogP contribution in [0.3, 0.4) is 0 Å². The van der Waals surface area contributed by atoms with Gasteiger partial charge in [0.2, 0.25) is 0 Å². The summed E-state index contributed by atoms with van der Waals surface area (Å²) in [7, 11) is 2.94. The second-order valence-electron chi connectivity index (χ2n) is 9.88. The molecular weight excluding hydrogens is 530 g/mol. The van der Waals surface area contributed by atoms with Gasteiger partial charge in [-0.1, -0.05) is 13.8 Å². The number of nitrogens with zero attached hydrogens (tertiary/aromatic N) is 1. The number of nitrogens with one attached hydrogen (secondary N) is 2. The molecule has 2 aromatic heterocycles. The van der Waals surface area contributed by atoms with Gasteiger partial charge in [-0.05, 0) is 79.6 Å². The van der Waals surface area contributed by atoms with Crippen LogP contribution in [0.2, 0.25) is 0 Å². The third kappa shape index (κ3) is 5.44. The number of anilines is 1. The lowest BCUT2D eigenvalue weighted by Gasteiger charge is -2.18. The molecule has 2 N–H and O–H groups in total. The molecule has 2 unspecified atom stereocenters. The minimum atomic E-state index is -1.04. The van der Waals surface area contributed by atoms with Crippen LogP contribution in [0.25, 0.3) is 22.4 Å². The predicted octanol–water partition coefficient (Wildman–Crippen LogP) is 5.79. The van der Waals surface area contributed by atoms with E-state index >= 15 is 0 Å². The zero-order valence-corrected chi connectivity index (χ0v) is 23.6. The Hall–Kier alpha value is -4.18. The smallest absolute Gasteiger partial charge is 0.341 e. The molecule has 0 fully saturated rings. The molecule has 2 heterocycles. The van der Waals surface area contributed by atoms with E-state index < -0.39 is 23.9 Å². The summed E-state index contributed by atoms with van der Waals surface area (Å²) in [6, 6.07) is 12.5. The summed E-state index contributed by atoms with van der Waals surface area (Å²) in [5, 5.41) is 3.28. The number of aromatic amines is 1. The molecule has 40 heavy (non-hydrogen) atoms. The number of methoxy groups -OCH3 is 2. The second kappa shape index (κ2) is 11.5. The van der Waals surface area contributed by atoms with E-state index in [1.807, 2.05) is 24.3 Å². The molecule has 1 aliphatic rings. The van der Waals surface area contributed by atoms with Gasteiger partial charge in [-0.3, -0.25) is 4.79 Å². The normalized spacial score (nSPS) is 15.2. The average Bonchev–Trinajstić information content (AvgIpc) is 3.55. The Balaban J connectivity index is 1.32. The number of carbonyl (C=O) groups is 3. The number of H-pyrrole nitrogens is 1. The van der Waals surface area contributed by atoms with Crippen molar-refractivity contribution in [3.63, 3.8) is 0 Å². The van der Waals surface area contributed by atoms with E-state index in [1.54, 1.807) is 32.2 Å². The molecule has 9 nitrogen and oxygen atoms in total. The number of amides is 1. The molecule has 0 spiro atoms. The van der Waals surface area contributed by atoms with E-state index in [2.05, 4.69) is 22.2 Å². The van der Waals surface area contributed by atoms with Crippen LogP contribution in [0.4, 0.5) is 5.00 Å². The fraction of sp³-hybridized carbons (Fsp3) is 0.333. The lowest BCUT2D eigenvalue weighted by atomic mass is 9.88. The number of aromatic nitrogens is 2. The summed E-state index contributed by atoms with van der Waals surface area (Å²) >= 11 is 1.39. The Morgan fingerprint density at radius 2 is 1.90 bits per heavy atom. The minimum Gasteiger partial charge on any atom is -0.497 e. The maximum Gasteiger partial charge on any atom is 0.341 e. The molecule has 10 heteroatoms. The largest absolute Gasteiger partial charge is 0.497 e. The maximum absolute atomic E-state index is 13.2. The van der Waals surface area contributed by atoms with E-state index in [0.29, 0.717) is 38.9 Å². The van der Waals surface area contributed by atoms with Crippen molar-refractivity contribution >= 4 is 45.2 Å². The number of thiophene rings is 1. The van der Waals surface area contributed by atoms with Gasteiger partial charge in [0.25, 0.3) is 5.91 Å². The lowest BCUT2D eigenvalue weighted by Crippen LogP contribution is -2.32. The highest BCUT2D eigenvalue weighted by Gasteiger charge is 2.31. The molecule has 0 saturated heterocycles. The van der Waals surface area contributed by atoms with Crippen LogP contribution in [0.15, 0.2) is 42.5 Å². The Bertz CT molecular complexity index is 1570. The first kappa shape index (κ1) is 27.4. The van der Waals surface area contributed by atoms with E-state index in [-0.39, 0.29) is 6.42 Å². The number of hydrogen-bond acceptors (Lipinski definition) is 8. The van der Waals surface area contributed by atoms with Gasteiger partial charge in [-0.2, -0.15) is 0 Å². The third-order valence-corrected chi connectivity index (χ3v) is 8.30. The van der Waals surface area contributed by atoms with Gasteiger partial charge in [0.1, 0.15) is 16.6 Å². The van der Waals surface area contributed by atoms with Crippen molar-refractivity contribution in [2.75, 3.05) is 19.5 Å². The summed E-state index contributed by atoms with van der Waals surface area (Å²) in [5.41, 5.74) is 3.87. The number of carbonyl (C=O) groups excluding carboxylic acids is 3. The van der Waals surface area contributed by atoms with Gasteiger partial charge in [0.05, 0.1) is 36.4 Å². The molecule has 2 aromatic carbocycles. The van der Waals surface area contributed by atoms with E-state index in [1.165, 1.54) is 18.4 Å². The zero-order chi connectivity index (χ0) is 28.4. The molecule has 0 aliphatic heterocycles. The van der Waals surface area contributed by atoms with Crippen LogP contribution >= 0.6 is 11.3 Å². The molecule has 1 amide bonds. The quantitative estimate of drug-likeness (QED) is 0.262. The molecule has 1 aliphatic carbocycles. The van der Waals surface area contributed by atoms with Gasteiger partial charge in [0.15, 0.2) is 6.10 Å². The van der Waals surface area contributed by atoms with Gasteiger partial charge in [0, 0.05) is 10.4 Å². The van der Waals surface area contributed by atoms with Crippen molar-refractivity contribution in [3.8, 4) is 17.1 Å². The topological polar surface area (TPSA) is 120 Å². The third-order valence-electron chi connectivity index (χ3n) is 7.13. The summed E-state index contributed by atoms with van der Waals surface area (Å²) in [6.07, 6.45) is 1.81. The van der Waals surface area contributed by atoms with Crippen LogP contribution in [0, 0.1) is 5.92 Å². The standard InChI is InChI=1S/C30H31N3O6S/c1-5-23(27(34)33-28-25(30(36)38-4)20-12-6-16(2)14-24(20)40-28)39-29(35)18-9-13-21-22(15-18)32-26(31-21)17-7-10-19(37-3)11-8-17/h7-11,13,15-16,23H,5-6,12,14H2,1-4H3,(H,31,32)(H,33,34). The number of rotatable bonds is 8. The molecule has 0 bridgehead atoms. The van der Waals surface area contributed by atoms with Crippen molar-refractivity contribution in [2.45, 2.75) is 45.6 Å². The molecular formula is C30H31N3O6S. The van der Waals surface area contributed by atoms with Gasteiger partial charge in [-0.25, -0.2) is 14.6 Å².